The minimum Gasteiger partial charge on any atom is -0.463 e. The zero-order valence-electron chi connectivity index (χ0n) is 7.98. The fourth-order valence-corrected chi connectivity index (χ4v) is 1.43. The summed E-state index contributed by atoms with van der Waals surface area (Å²) < 4.78 is 5.02. The van der Waals surface area contributed by atoms with Gasteiger partial charge in [0.15, 0.2) is 0 Å². The minimum absolute atomic E-state index is 0.0470. The van der Waals surface area contributed by atoms with Crippen LogP contribution in [0.1, 0.15) is 0 Å². The molecule has 1 atom stereocenters. The van der Waals surface area contributed by atoms with Crippen molar-refractivity contribution in [3.63, 3.8) is 0 Å². The molecule has 6 heteroatoms. The molecule has 0 aromatic carbocycles. The number of ether oxygens (including phenoxy) is 1. The van der Waals surface area contributed by atoms with Gasteiger partial charge in [-0.15, -0.1) is 0 Å². The number of anilines is 1. The van der Waals surface area contributed by atoms with Crippen LogP contribution in [0.3, 0.4) is 0 Å². The molecule has 15 heavy (non-hydrogen) atoms. The molecule has 0 spiro atoms. The van der Waals surface area contributed by atoms with Crippen molar-refractivity contribution >= 4 is 23.4 Å². The lowest BCUT2D eigenvalue weighted by atomic mass is 10.3. The summed E-state index contributed by atoms with van der Waals surface area (Å²) in [6.45, 7) is 1.15. The first-order valence-electron chi connectivity index (χ1n) is 4.56. The molecule has 80 valence electrons. The van der Waals surface area contributed by atoms with E-state index in [4.69, 9.17) is 22.1 Å². The molecule has 0 saturated carbocycles. The molecular formula is C9H11ClN4O. The maximum atomic E-state index is 5.74. The Morgan fingerprint density at radius 3 is 3.13 bits per heavy atom. The van der Waals surface area contributed by atoms with Crippen molar-refractivity contribution in [1.29, 1.82) is 0 Å². The minimum atomic E-state index is 0.0470. The van der Waals surface area contributed by atoms with Gasteiger partial charge in [0.2, 0.25) is 0 Å². The van der Waals surface area contributed by atoms with Gasteiger partial charge in [-0.25, -0.2) is 9.98 Å². The average molecular weight is 227 g/mol. The molecule has 0 radical (unpaired) electrons. The normalized spacial score (nSPS) is 19.5. The van der Waals surface area contributed by atoms with E-state index < -0.39 is 0 Å². The van der Waals surface area contributed by atoms with E-state index in [-0.39, 0.29) is 12.1 Å². The van der Waals surface area contributed by atoms with E-state index >= 15 is 0 Å². The lowest BCUT2D eigenvalue weighted by Crippen LogP contribution is -2.19. The average Bonchev–Trinajstić information content (AvgIpc) is 2.62. The molecular weight excluding hydrogens is 216 g/mol. The Balaban J connectivity index is 1.88. The first-order chi connectivity index (χ1) is 7.24. The molecule has 1 aliphatic rings. The predicted octanol–water partition coefficient (Wildman–Crippen LogP) is 0.860. The zero-order chi connectivity index (χ0) is 10.7. The van der Waals surface area contributed by atoms with Crippen molar-refractivity contribution in [2.24, 2.45) is 10.7 Å². The van der Waals surface area contributed by atoms with Gasteiger partial charge >= 0.3 is 0 Å². The van der Waals surface area contributed by atoms with Crippen molar-refractivity contribution in [3.05, 3.63) is 23.4 Å². The Morgan fingerprint density at radius 2 is 2.47 bits per heavy atom. The van der Waals surface area contributed by atoms with Crippen molar-refractivity contribution < 1.29 is 4.74 Å². The number of amidine groups is 1. The monoisotopic (exact) mass is 226 g/mol. The van der Waals surface area contributed by atoms with E-state index in [1.165, 1.54) is 0 Å². The Bertz CT molecular complexity index is 382. The lowest BCUT2D eigenvalue weighted by Gasteiger charge is -2.07. The molecule has 2 heterocycles. The van der Waals surface area contributed by atoms with Crippen molar-refractivity contribution in [3.8, 4) is 0 Å². The Kier molecular flexibility index (Phi) is 2.91. The summed E-state index contributed by atoms with van der Waals surface area (Å²) in [7, 11) is 0. The summed E-state index contributed by atoms with van der Waals surface area (Å²) in [5, 5.41) is 3.57. The Hall–Kier alpha value is -1.49. The Morgan fingerprint density at radius 1 is 1.60 bits per heavy atom. The van der Waals surface area contributed by atoms with Crippen LogP contribution >= 0.6 is 11.6 Å². The van der Waals surface area contributed by atoms with Gasteiger partial charge in [0, 0.05) is 6.54 Å². The molecule has 1 aliphatic heterocycles. The molecule has 0 unspecified atom stereocenters. The third-order valence-electron chi connectivity index (χ3n) is 1.97. The number of nitrogens with one attached hydrogen (secondary N) is 1. The molecule has 5 nitrogen and oxygen atoms in total. The van der Waals surface area contributed by atoms with Crippen LogP contribution in [0.4, 0.5) is 5.82 Å². The topological polar surface area (TPSA) is 72.5 Å². The lowest BCUT2D eigenvalue weighted by molar-refractivity contribution is 0.316. The van der Waals surface area contributed by atoms with Gasteiger partial charge in [-0.1, -0.05) is 17.7 Å². The van der Waals surface area contributed by atoms with Crippen molar-refractivity contribution in [2.75, 3.05) is 18.5 Å². The van der Waals surface area contributed by atoms with Gasteiger partial charge < -0.3 is 15.8 Å². The number of rotatable bonds is 3. The number of pyridine rings is 1. The molecule has 0 fully saturated rings. The first-order valence-corrected chi connectivity index (χ1v) is 4.94. The number of halogens is 1. The van der Waals surface area contributed by atoms with Crippen LogP contribution in [-0.4, -0.2) is 30.2 Å². The van der Waals surface area contributed by atoms with Gasteiger partial charge in [-0.3, -0.25) is 0 Å². The number of hydrogen-bond acceptors (Lipinski definition) is 5. The van der Waals surface area contributed by atoms with Gasteiger partial charge in [-0.2, -0.15) is 0 Å². The summed E-state index contributed by atoms with van der Waals surface area (Å²) in [5.41, 5.74) is 5.38. The summed E-state index contributed by atoms with van der Waals surface area (Å²) >= 11 is 5.74. The highest BCUT2D eigenvalue weighted by atomic mass is 35.5. The highest BCUT2D eigenvalue weighted by Crippen LogP contribution is 2.10. The third-order valence-corrected chi connectivity index (χ3v) is 2.18. The molecule has 0 bridgehead atoms. The predicted molar refractivity (Wildman–Crippen MR) is 59.1 cm³/mol. The third kappa shape index (κ3) is 2.73. The van der Waals surface area contributed by atoms with E-state index in [2.05, 4.69) is 15.3 Å². The zero-order valence-corrected chi connectivity index (χ0v) is 8.74. The smallest absolute Gasteiger partial charge is 0.282 e. The second-order valence-corrected chi connectivity index (χ2v) is 3.55. The number of nitrogens with two attached hydrogens (primary N) is 1. The van der Waals surface area contributed by atoms with Gasteiger partial charge in [0.25, 0.3) is 6.02 Å². The fourth-order valence-electron chi connectivity index (χ4n) is 1.27. The maximum absolute atomic E-state index is 5.74. The van der Waals surface area contributed by atoms with Gasteiger partial charge in [0.1, 0.15) is 23.6 Å². The highest BCUT2D eigenvalue weighted by Gasteiger charge is 2.15. The molecule has 0 aliphatic carbocycles. The van der Waals surface area contributed by atoms with E-state index in [1.54, 1.807) is 6.07 Å². The van der Waals surface area contributed by atoms with Crippen LogP contribution in [0.15, 0.2) is 23.2 Å². The number of nitrogens with zero attached hydrogens (tertiary/aromatic N) is 2. The largest absolute Gasteiger partial charge is 0.463 e. The Labute approximate surface area is 92.3 Å². The van der Waals surface area contributed by atoms with Crippen LogP contribution in [0, 0.1) is 0 Å². The van der Waals surface area contributed by atoms with E-state index in [0.29, 0.717) is 18.3 Å². The van der Waals surface area contributed by atoms with Crippen LogP contribution in [0.2, 0.25) is 5.15 Å². The highest BCUT2D eigenvalue weighted by molar-refractivity contribution is 6.29. The standard InChI is InChI=1S/C9H11ClN4O/c10-7-2-1-3-8(14-7)12-4-6-5-15-9(11)13-6/h1-3,6H,4-5H2,(H2,11,13)(H,12,14)/t6-/m0/s1. The summed E-state index contributed by atoms with van der Waals surface area (Å²) in [5.74, 6) is 0.725. The quantitative estimate of drug-likeness (QED) is 0.750. The van der Waals surface area contributed by atoms with Crippen LogP contribution in [0.25, 0.3) is 0 Å². The SMILES string of the molecule is NC1=N[C@@H](CNc2cccc(Cl)n2)CO1. The molecule has 1 aromatic rings. The molecule has 0 amide bonds. The molecule has 1 aromatic heterocycles. The first kappa shape index (κ1) is 10.0. The summed E-state index contributed by atoms with van der Waals surface area (Å²) in [6, 6.07) is 5.70. The van der Waals surface area contributed by atoms with Crippen LogP contribution in [-0.2, 0) is 4.74 Å². The summed E-state index contributed by atoms with van der Waals surface area (Å²) in [6.07, 6.45) is 0. The van der Waals surface area contributed by atoms with Gasteiger partial charge in [0.05, 0.1) is 0 Å². The second kappa shape index (κ2) is 4.35. The number of hydrogen-bond donors (Lipinski definition) is 2. The van der Waals surface area contributed by atoms with E-state index in [9.17, 15) is 0 Å². The van der Waals surface area contributed by atoms with Crippen LogP contribution in [0.5, 0.6) is 0 Å². The molecule has 3 N–H and O–H groups in total. The number of aromatic nitrogens is 1. The summed E-state index contributed by atoms with van der Waals surface area (Å²) in [4.78, 5) is 8.16. The number of aliphatic imine (C=N–C) groups is 1. The van der Waals surface area contributed by atoms with E-state index in [0.717, 1.165) is 5.82 Å². The van der Waals surface area contributed by atoms with E-state index in [1.807, 2.05) is 12.1 Å². The van der Waals surface area contributed by atoms with Gasteiger partial charge in [-0.05, 0) is 12.1 Å². The fraction of sp³-hybridized carbons (Fsp3) is 0.333. The van der Waals surface area contributed by atoms with Crippen LogP contribution < -0.4 is 11.1 Å². The molecule has 0 saturated heterocycles. The maximum Gasteiger partial charge on any atom is 0.282 e. The van der Waals surface area contributed by atoms with Crippen molar-refractivity contribution in [1.82, 2.24) is 4.98 Å². The van der Waals surface area contributed by atoms with Crippen molar-refractivity contribution in [2.45, 2.75) is 6.04 Å². The molecule has 2 rings (SSSR count). The second-order valence-electron chi connectivity index (χ2n) is 3.16.